The molecule has 2 N–H and O–H groups in total. The number of aliphatic imine (C=N–C) groups is 1. The van der Waals surface area contributed by atoms with Gasteiger partial charge in [-0.15, -0.1) is 0 Å². The maximum absolute atomic E-state index is 13.2. The number of nitrogens with zero attached hydrogens (tertiary/aromatic N) is 1. The molecule has 0 aromatic heterocycles. The predicted molar refractivity (Wildman–Crippen MR) is 52.7 cm³/mol. The van der Waals surface area contributed by atoms with Crippen LogP contribution in [0.15, 0.2) is 23.2 Å². The molecule has 0 aliphatic carbocycles. The van der Waals surface area contributed by atoms with Crippen LogP contribution < -0.4 is 5.73 Å². The van der Waals surface area contributed by atoms with Crippen molar-refractivity contribution in [1.82, 2.24) is 0 Å². The molecule has 0 amide bonds. The van der Waals surface area contributed by atoms with Gasteiger partial charge in [0.2, 0.25) is 0 Å². The quantitative estimate of drug-likeness (QED) is 0.551. The summed E-state index contributed by atoms with van der Waals surface area (Å²) in [4.78, 5) is 4.00. The highest BCUT2D eigenvalue weighted by molar-refractivity contribution is 5.83. The number of aryl methyl sites for hydroxylation is 1. The minimum absolute atomic E-state index is 0.323. The summed E-state index contributed by atoms with van der Waals surface area (Å²) in [6.07, 6.45) is 0.633. The van der Waals surface area contributed by atoms with Gasteiger partial charge >= 0.3 is 0 Å². The molecule has 1 aromatic carbocycles. The van der Waals surface area contributed by atoms with Gasteiger partial charge in [0.05, 0.1) is 5.84 Å². The van der Waals surface area contributed by atoms with Crippen molar-refractivity contribution in [2.75, 3.05) is 0 Å². The molecule has 13 heavy (non-hydrogen) atoms. The monoisotopic (exact) mass is 180 g/mol. The van der Waals surface area contributed by atoms with Crippen LogP contribution >= 0.6 is 0 Å². The van der Waals surface area contributed by atoms with Crippen molar-refractivity contribution in [2.45, 2.75) is 20.3 Å². The molecule has 0 saturated heterocycles. The highest BCUT2D eigenvalue weighted by Gasteiger charge is 2.03. The van der Waals surface area contributed by atoms with Gasteiger partial charge in [-0.05, 0) is 18.6 Å². The van der Waals surface area contributed by atoms with E-state index >= 15 is 0 Å². The van der Waals surface area contributed by atoms with E-state index in [2.05, 4.69) is 4.99 Å². The maximum Gasteiger partial charge on any atom is 0.149 e. The second-order valence-electron chi connectivity index (χ2n) is 2.86. The number of para-hydroxylation sites is 1. The zero-order valence-electron chi connectivity index (χ0n) is 7.84. The summed E-state index contributed by atoms with van der Waals surface area (Å²) in [6, 6.07) is 4.85. The Bertz CT molecular complexity index is 311. The Kier molecular flexibility index (Phi) is 3.01. The molecule has 0 fully saturated rings. The average molecular weight is 180 g/mol. The van der Waals surface area contributed by atoms with Crippen LogP contribution in [0.5, 0.6) is 0 Å². The van der Waals surface area contributed by atoms with Gasteiger partial charge in [-0.3, -0.25) is 0 Å². The standard InChI is InChI=1S/C10H13FN2/c1-3-9(12)13-10-7(2)5-4-6-8(10)11/h4-6H,3H2,1-2H3,(H2,12,13). The van der Waals surface area contributed by atoms with Crippen molar-refractivity contribution >= 4 is 11.5 Å². The van der Waals surface area contributed by atoms with Crippen LogP contribution in [0, 0.1) is 12.7 Å². The van der Waals surface area contributed by atoms with E-state index in [-0.39, 0.29) is 5.82 Å². The lowest BCUT2D eigenvalue weighted by atomic mass is 10.2. The summed E-state index contributed by atoms with van der Waals surface area (Å²) in [5.74, 6) is 0.129. The lowest BCUT2D eigenvalue weighted by Crippen LogP contribution is -2.08. The van der Waals surface area contributed by atoms with Gasteiger partial charge in [0, 0.05) is 6.42 Å². The SMILES string of the molecule is CCC(N)=Nc1c(C)cccc1F. The summed E-state index contributed by atoms with van der Waals surface area (Å²) in [5, 5.41) is 0. The second-order valence-corrected chi connectivity index (χ2v) is 2.86. The molecule has 70 valence electrons. The Morgan fingerprint density at radius 2 is 2.23 bits per heavy atom. The van der Waals surface area contributed by atoms with E-state index in [1.165, 1.54) is 6.07 Å². The fraction of sp³-hybridized carbons (Fsp3) is 0.300. The summed E-state index contributed by atoms with van der Waals surface area (Å²) in [5.41, 5.74) is 6.68. The van der Waals surface area contributed by atoms with Gasteiger partial charge in [-0.1, -0.05) is 19.1 Å². The molecular formula is C10H13FN2. The third kappa shape index (κ3) is 2.28. The molecule has 0 spiro atoms. The van der Waals surface area contributed by atoms with Crippen LogP contribution in [0.25, 0.3) is 0 Å². The van der Waals surface area contributed by atoms with E-state index in [1.807, 2.05) is 19.9 Å². The van der Waals surface area contributed by atoms with Crippen molar-refractivity contribution in [1.29, 1.82) is 0 Å². The molecule has 2 nitrogen and oxygen atoms in total. The van der Waals surface area contributed by atoms with E-state index in [0.717, 1.165) is 5.56 Å². The van der Waals surface area contributed by atoms with Crippen LogP contribution in [0.1, 0.15) is 18.9 Å². The highest BCUT2D eigenvalue weighted by Crippen LogP contribution is 2.22. The molecule has 0 radical (unpaired) electrons. The molecule has 0 heterocycles. The smallest absolute Gasteiger partial charge is 0.149 e. The lowest BCUT2D eigenvalue weighted by Gasteiger charge is -2.02. The van der Waals surface area contributed by atoms with Crippen LogP contribution in [0.3, 0.4) is 0 Å². The number of hydrogen-bond donors (Lipinski definition) is 1. The average Bonchev–Trinajstić information content (AvgIpc) is 2.11. The first-order valence-corrected chi connectivity index (χ1v) is 4.23. The molecule has 1 aromatic rings. The third-order valence-corrected chi connectivity index (χ3v) is 1.81. The zero-order valence-corrected chi connectivity index (χ0v) is 7.84. The van der Waals surface area contributed by atoms with Crippen LogP contribution in [0.2, 0.25) is 0 Å². The first kappa shape index (κ1) is 9.71. The zero-order chi connectivity index (χ0) is 9.84. The third-order valence-electron chi connectivity index (χ3n) is 1.81. The van der Waals surface area contributed by atoms with E-state index in [1.54, 1.807) is 6.07 Å². The molecule has 0 aliphatic rings. The van der Waals surface area contributed by atoms with Gasteiger partial charge in [-0.2, -0.15) is 0 Å². The highest BCUT2D eigenvalue weighted by atomic mass is 19.1. The van der Waals surface area contributed by atoms with Crippen molar-refractivity contribution in [3.8, 4) is 0 Å². The molecule has 0 unspecified atom stereocenters. The van der Waals surface area contributed by atoms with Crippen molar-refractivity contribution < 1.29 is 4.39 Å². The van der Waals surface area contributed by atoms with Gasteiger partial charge < -0.3 is 5.73 Å². The largest absolute Gasteiger partial charge is 0.387 e. The van der Waals surface area contributed by atoms with Crippen LogP contribution in [-0.2, 0) is 0 Å². The number of benzene rings is 1. The fourth-order valence-electron chi connectivity index (χ4n) is 0.987. The van der Waals surface area contributed by atoms with E-state index in [9.17, 15) is 4.39 Å². The molecule has 0 bridgehead atoms. The van der Waals surface area contributed by atoms with E-state index in [4.69, 9.17) is 5.73 Å². The Labute approximate surface area is 77.3 Å². The number of rotatable bonds is 2. The van der Waals surface area contributed by atoms with Gasteiger partial charge in [-0.25, -0.2) is 9.38 Å². The number of hydrogen-bond acceptors (Lipinski definition) is 1. The van der Waals surface area contributed by atoms with Gasteiger partial charge in [0.15, 0.2) is 0 Å². The summed E-state index contributed by atoms with van der Waals surface area (Å²) in [7, 11) is 0. The Hall–Kier alpha value is -1.38. The van der Waals surface area contributed by atoms with E-state index in [0.29, 0.717) is 17.9 Å². The minimum atomic E-state index is -0.323. The van der Waals surface area contributed by atoms with Crippen molar-refractivity contribution in [3.63, 3.8) is 0 Å². The Morgan fingerprint density at radius 3 is 2.77 bits per heavy atom. The number of halogens is 1. The van der Waals surface area contributed by atoms with Crippen molar-refractivity contribution in [3.05, 3.63) is 29.6 Å². The first-order chi connectivity index (χ1) is 6.15. The number of nitrogens with two attached hydrogens (primary N) is 1. The fourth-order valence-corrected chi connectivity index (χ4v) is 0.987. The summed E-state index contributed by atoms with van der Waals surface area (Å²) >= 11 is 0. The molecule has 0 atom stereocenters. The first-order valence-electron chi connectivity index (χ1n) is 4.23. The Balaban J connectivity index is 3.14. The Morgan fingerprint density at radius 1 is 1.54 bits per heavy atom. The van der Waals surface area contributed by atoms with Gasteiger partial charge in [0.25, 0.3) is 0 Å². The molecule has 0 aliphatic heterocycles. The normalized spacial score (nSPS) is 11.8. The predicted octanol–water partition coefficient (Wildman–Crippen LogP) is 2.53. The molecule has 3 heteroatoms. The van der Waals surface area contributed by atoms with Crippen molar-refractivity contribution in [2.24, 2.45) is 10.7 Å². The second kappa shape index (κ2) is 4.03. The molecule has 0 saturated carbocycles. The van der Waals surface area contributed by atoms with Crippen LogP contribution in [0.4, 0.5) is 10.1 Å². The topological polar surface area (TPSA) is 38.4 Å². The van der Waals surface area contributed by atoms with E-state index < -0.39 is 0 Å². The minimum Gasteiger partial charge on any atom is -0.387 e. The summed E-state index contributed by atoms with van der Waals surface area (Å²) < 4.78 is 13.2. The maximum atomic E-state index is 13.2. The molecule has 1 rings (SSSR count). The number of amidine groups is 1. The van der Waals surface area contributed by atoms with Crippen LogP contribution in [-0.4, -0.2) is 5.84 Å². The summed E-state index contributed by atoms with van der Waals surface area (Å²) in [6.45, 7) is 3.69. The molecular weight excluding hydrogens is 167 g/mol. The lowest BCUT2D eigenvalue weighted by molar-refractivity contribution is 0.628. The van der Waals surface area contributed by atoms with Gasteiger partial charge in [0.1, 0.15) is 11.5 Å².